The van der Waals surface area contributed by atoms with E-state index in [0.29, 0.717) is 42.6 Å². The summed E-state index contributed by atoms with van der Waals surface area (Å²) in [6, 6.07) is 43.1. The predicted molar refractivity (Wildman–Crippen MR) is 212 cm³/mol. The van der Waals surface area contributed by atoms with Crippen LogP contribution >= 0.6 is 0 Å². The summed E-state index contributed by atoms with van der Waals surface area (Å²) in [5, 5.41) is 22.7. The number of alkyl halides is 6. The van der Waals surface area contributed by atoms with E-state index in [-0.39, 0.29) is 17.2 Å². The van der Waals surface area contributed by atoms with Crippen molar-refractivity contribution in [3.8, 4) is 22.3 Å². The first-order chi connectivity index (χ1) is 27.2. The maximum absolute atomic E-state index is 13.2. The Morgan fingerprint density at radius 2 is 0.982 bits per heavy atom. The van der Waals surface area contributed by atoms with Gasteiger partial charge in [0.1, 0.15) is 6.29 Å². The smallest absolute Gasteiger partial charge is 0.387 e. The number of nitrogens with one attached hydrogen (secondary N) is 1. The van der Waals surface area contributed by atoms with Crippen molar-refractivity contribution in [3.63, 3.8) is 0 Å². The molecule has 298 valence electrons. The van der Waals surface area contributed by atoms with Crippen LogP contribution in [0.1, 0.15) is 50.4 Å². The molecule has 0 amide bonds. The summed E-state index contributed by atoms with van der Waals surface area (Å²) < 4.78 is 78.1. The Bertz CT molecular complexity index is 2090. The third-order valence-corrected chi connectivity index (χ3v) is 8.79. The minimum Gasteiger partial charge on any atom is -0.387 e. The van der Waals surface area contributed by atoms with Gasteiger partial charge in [-0.3, -0.25) is 9.69 Å². The van der Waals surface area contributed by atoms with Crippen LogP contribution in [0.15, 0.2) is 158 Å². The number of benzene rings is 6. The van der Waals surface area contributed by atoms with Crippen molar-refractivity contribution in [3.05, 3.63) is 191 Å². The summed E-state index contributed by atoms with van der Waals surface area (Å²) in [7, 11) is 3.73. The molecule has 0 aromatic heterocycles. The lowest BCUT2D eigenvalue weighted by Crippen LogP contribution is -2.24. The van der Waals surface area contributed by atoms with Crippen LogP contribution in [0.3, 0.4) is 0 Å². The van der Waals surface area contributed by atoms with E-state index in [2.05, 4.69) is 5.32 Å². The Labute approximate surface area is 328 Å². The topological polar surface area (TPSA) is 72.8 Å². The van der Waals surface area contributed by atoms with E-state index >= 15 is 0 Å². The zero-order chi connectivity index (χ0) is 41.4. The second-order valence-electron chi connectivity index (χ2n) is 13.1. The molecule has 0 aliphatic rings. The van der Waals surface area contributed by atoms with E-state index < -0.39 is 29.6 Å². The molecule has 6 aromatic carbocycles. The number of aliphatic hydroxyl groups excluding tert-OH is 2. The van der Waals surface area contributed by atoms with E-state index in [1.165, 1.54) is 48.5 Å². The van der Waals surface area contributed by atoms with Gasteiger partial charge in [0, 0.05) is 25.2 Å². The lowest BCUT2D eigenvalue weighted by molar-refractivity contribution is -0.137. The van der Waals surface area contributed by atoms with Crippen LogP contribution < -0.4 is 5.32 Å². The van der Waals surface area contributed by atoms with Gasteiger partial charge in [-0.05, 0) is 65.2 Å². The minimum absolute atomic E-state index is 0.113. The van der Waals surface area contributed by atoms with E-state index in [1.807, 2.05) is 91.8 Å². The number of nitrogens with zero attached hydrogens (tertiary/aromatic N) is 1. The Kier molecular flexibility index (Phi) is 16.3. The number of hydrogen-bond donors (Lipinski definition) is 3. The molecule has 0 aliphatic carbocycles. The molecule has 6 aromatic rings. The van der Waals surface area contributed by atoms with Gasteiger partial charge in [-0.2, -0.15) is 26.3 Å². The summed E-state index contributed by atoms with van der Waals surface area (Å²) in [6.07, 6.45) is -9.10. The lowest BCUT2D eigenvalue weighted by Gasteiger charge is -2.21. The SMILES string of the molecule is CN(Cc1ccc(-c2ccccc2C(F)(F)F)cc1)C[C@@H](O)c1ccccc1.CNCC(O)c1ccccc1.O=Cc1ccc(-c2ccccc2C(F)(F)F)cc1. The van der Waals surface area contributed by atoms with Crippen molar-refractivity contribution in [1.82, 2.24) is 10.2 Å². The monoisotopic (exact) mass is 786 g/mol. The number of aldehydes is 1. The highest BCUT2D eigenvalue weighted by molar-refractivity contribution is 5.77. The van der Waals surface area contributed by atoms with E-state index in [9.17, 15) is 41.4 Å². The first-order valence-electron chi connectivity index (χ1n) is 18.0. The van der Waals surface area contributed by atoms with Gasteiger partial charge in [0.2, 0.25) is 0 Å². The summed E-state index contributed by atoms with van der Waals surface area (Å²) in [4.78, 5) is 12.5. The number of carbonyl (C=O) groups is 1. The fraction of sp³-hybridized carbons (Fsp3) is 0.196. The highest BCUT2D eigenvalue weighted by Crippen LogP contribution is 2.38. The fourth-order valence-corrected chi connectivity index (χ4v) is 5.93. The molecule has 3 N–H and O–H groups in total. The number of halogens is 6. The quantitative estimate of drug-likeness (QED) is 0.0901. The first kappa shape index (κ1) is 44.1. The largest absolute Gasteiger partial charge is 0.417 e. The Hall–Kier alpha value is -5.59. The normalized spacial score (nSPS) is 12.4. The van der Waals surface area contributed by atoms with Gasteiger partial charge in [0.05, 0.1) is 23.3 Å². The summed E-state index contributed by atoms with van der Waals surface area (Å²) in [6.45, 7) is 1.65. The molecular weight excluding hydrogens is 743 g/mol. The van der Waals surface area contributed by atoms with Crippen LogP contribution in [0, 0.1) is 0 Å². The second-order valence-corrected chi connectivity index (χ2v) is 13.1. The highest BCUT2D eigenvalue weighted by Gasteiger charge is 2.34. The molecule has 5 nitrogen and oxygen atoms in total. The molecule has 0 saturated heterocycles. The highest BCUT2D eigenvalue weighted by atomic mass is 19.4. The van der Waals surface area contributed by atoms with Crippen LogP contribution in [0.2, 0.25) is 0 Å². The van der Waals surface area contributed by atoms with E-state index in [0.717, 1.165) is 28.8 Å². The molecule has 0 fully saturated rings. The third kappa shape index (κ3) is 13.5. The predicted octanol–water partition coefficient (Wildman–Crippen LogP) is 10.7. The Balaban J connectivity index is 0.000000211. The lowest BCUT2D eigenvalue weighted by atomic mass is 9.98. The maximum Gasteiger partial charge on any atom is 0.417 e. The maximum atomic E-state index is 13.2. The van der Waals surface area contributed by atoms with Crippen molar-refractivity contribution >= 4 is 6.29 Å². The standard InChI is InChI=1S/C23H22F3NO.C14H9F3O.C9H13NO/c1-27(16-22(28)19-7-3-2-4-8-19)15-17-11-13-18(14-12-17)20-9-5-6-10-21(20)23(24,25)26;15-14(16,17)13-4-2-1-3-12(13)11-7-5-10(9-18)6-8-11;1-10-7-9(11)8-5-3-2-4-6-8/h2-14,22,28H,15-16H2,1H3;1-9H;2-6,9-11H,7H2,1H3/t22-;;/m1../s1. The van der Waals surface area contributed by atoms with Gasteiger partial charge < -0.3 is 15.5 Å². The zero-order valence-electron chi connectivity index (χ0n) is 31.4. The summed E-state index contributed by atoms with van der Waals surface area (Å²) in [5.74, 6) is 0. The molecule has 2 atom stereocenters. The molecule has 57 heavy (non-hydrogen) atoms. The zero-order valence-corrected chi connectivity index (χ0v) is 31.4. The van der Waals surface area contributed by atoms with Crippen molar-refractivity contribution < 1.29 is 41.4 Å². The van der Waals surface area contributed by atoms with E-state index in [4.69, 9.17) is 0 Å². The first-order valence-corrected chi connectivity index (χ1v) is 18.0. The average Bonchev–Trinajstić information content (AvgIpc) is 3.22. The third-order valence-electron chi connectivity index (χ3n) is 8.79. The number of likely N-dealkylation sites (N-methyl/N-ethyl adjacent to an activating group) is 2. The summed E-state index contributed by atoms with van der Waals surface area (Å²) in [5.41, 5.74) is 3.17. The molecule has 11 heteroatoms. The van der Waals surface area contributed by atoms with Crippen LogP contribution in [-0.2, 0) is 18.9 Å². The molecule has 0 aliphatic heterocycles. The van der Waals surface area contributed by atoms with E-state index in [1.54, 1.807) is 24.3 Å². The fourth-order valence-electron chi connectivity index (χ4n) is 5.93. The Morgan fingerprint density at radius 1 is 0.579 bits per heavy atom. The molecule has 1 unspecified atom stereocenters. The summed E-state index contributed by atoms with van der Waals surface area (Å²) >= 11 is 0. The number of rotatable bonds is 11. The van der Waals surface area contributed by atoms with Crippen molar-refractivity contribution in [2.45, 2.75) is 31.1 Å². The van der Waals surface area contributed by atoms with Crippen LogP contribution in [-0.4, -0.2) is 48.6 Å². The molecule has 6 rings (SSSR count). The molecule has 0 saturated carbocycles. The minimum atomic E-state index is -4.39. The number of aliphatic hydroxyl groups is 2. The molecule has 0 radical (unpaired) electrons. The van der Waals surface area contributed by atoms with Crippen molar-refractivity contribution in [2.24, 2.45) is 0 Å². The van der Waals surface area contributed by atoms with Gasteiger partial charge in [-0.15, -0.1) is 0 Å². The molecular formula is C46H44F6N2O3. The Morgan fingerprint density at radius 3 is 1.40 bits per heavy atom. The van der Waals surface area contributed by atoms with Crippen molar-refractivity contribution in [1.29, 1.82) is 0 Å². The van der Waals surface area contributed by atoms with Gasteiger partial charge >= 0.3 is 12.4 Å². The molecule has 0 bridgehead atoms. The van der Waals surface area contributed by atoms with Gasteiger partial charge in [-0.1, -0.05) is 146 Å². The van der Waals surface area contributed by atoms with Crippen LogP contribution in [0.4, 0.5) is 26.3 Å². The average molecular weight is 787 g/mol. The molecule has 0 heterocycles. The number of carbonyl (C=O) groups excluding carboxylic acids is 1. The van der Waals surface area contributed by atoms with Crippen LogP contribution in [0.5, 0.6) is 0 Å². The number of hydrogen-bond acceptors (Lipinski definition) is 5. The molecule has 0 spiro atoms. The van der Waals surface area contributed by atoms with Gasteiger partial charge in [-0.25, -0.2) is 0 Å². The van der Waals surface area contributed by atoms with Gasteiger partial charge in [0.25, 0.3) is 0 Å². The van der Waals surface area contributed by atoms with Gasteiger partial charge in [0.15, 0.2) is 0 Å². The van der Waals surface area contributed by atoms with Crippen LogP contribution in [0.25, 0.3) is 22.3 Å². The van der Waals surface area contributed by atoms with Crippen molar-refractivity contribution in [2.75, 3.05) is 27.2 Å². The second kappa shape index (κ2) is 21.1.